The molecule has 1 heterocycles. The van der Waals surface area contributed by atoms with E-state index in [1.807, 2.05) is 11.8 Å². The second kappa shape index (κ2) is 13.2. The molecule has 0 N–H and O–H groups in total. The Bertz CT molecular complexity index is 1330. The minimum absolute atomic E-state index is 0. The van der Waals surface area contributed by atoms with E-state index in [0.29, 0.717) is 36.8 Å². The Morgan fingerprint density at radius 1 is 0.791 bits per heavy atom. The molecule has 0 radical (unpaired) electrons. The summed E-state index contributed by atoms with van der Waals surface area (Å²) in [5.41, 5.74) is -3.69. The number of hydrogen-bond acceptors (Lipinski definition) is 5. The van der Waals surface area contributed by atoms with E-state index < -0.39 is 41.8 Å². The summed E-state index contributed by atoms with van der Waals surface area (Å²) in [6.07, 6.45) is -10.7. The topological polar surface area (TPSA) is 50.1 Å². The molecule has 0 amide bonds. The van der Waals surface area contributed by atoms with Crippen LogP contribution >= 0.6 is 12.4 Å². The highest BCUT2D eigenvalue weighted by Gasteiger charge is 2.37. The monoisotopic (exact) mass is 644 g/mol. The van der Waals surface area contributed by atoms with Crippen molar-refractivity contribution >= 4 is 24.0 Å². The van der Waals surface area contributed by atoms with E-state index in [0.717, 1.165) is 42.6 Å². The van der Waals surface area contributed by atoms with Gasteiger partial charge in [0.15, 0.2) is 0 Å². The Labute approximate surface area is 248 Å². The van der Waals surface area contributed by atoms with Crippen LogP contribution in [0.3, 0.4) is 0 Å². The van der Waals surface area contributed by atoms with E-state index in [1.54, 1.807) is 0 Å². The maximum Gasteiger partial charge on any atom is 0.416 e. The van der Waals surface area contributed by atoms with Crippen LogP contribution in [0.25, 0.3) is 0 Å². The van der Waals surface area contributed by atoms with Gasteiger partial charge in [0, 0.05) is 31.9 Å². The van der Waals surface area contributed by atoms with Gasteiger partial charge in [-0.3, -0.25) is 0 Å². The van der Waals surface area contributed by atoms with Crippen LogP contribution in [0, 0.1) is 5.92 Å². The number of nitrogens with zero attached hydrogens (tertiary/aromatic N) is 6. The SMILES string of the molecule is CCN(CC1CCCC1)c1ccc(C(F)(F)F)cc1CN(Cc1cc(C(F)(F)F)cc(C(F)(F)F)c1)c1nnn(C)n1.Cl. The van der Waals surface area contributed by atoms with Crippen LogP contribution in [-0.4, -0.2) is 33.3 Å². The van der Waals surface area contributed by atoms with Crippen molar-refractivity contribution in [1.29, 1.82) is 0 Å². The van der Waals surface area contributed by atoms with Crippen LogP contribution in [0.1, 0.15) is 60.4 Å². The number of aryl methyl sites for hydroxylation is 1. The lowest BCUT2D eigenvalue weighted by Gasteiger charge is -2.31. The standard InChI is InChI=1S/C27H29F9N6.ClH/c1-3-41(14-17-6-4-5-7-17)23-9-8-20(25(28,29)30)12-19(23)16-42(24-37-39-40(2)38-24)15-18-10-21(26(31,32)33)13-22(11-18)27(34,35)36;/h8-13,17H,3-7,14-16H2,1-2H3;1H. The molecular weight excluding hydrogens is 615 g/mol. The first-order chi connectivity index (χ1) is 19.5. The van der Waals surface area contributed by atoms with E-state index in [4.69, 9.17) is 0 Å². The first-order valence-electron chi connectivity index (χ1n) is 13.3. The first-order valence-corrected chi connectivity index (χ1v) is 13.3. The van der Waals surface area contributed by atoms with Gasteiger partial charge in [-0.25, -0.2) is 0 Å². The zero-order valence-corrected chi connectivity index (χ0v) is 24.0. The molecule has 0 unspecified atom stereocenters. The van der Waals surface area contributed by atoms with E-state index in [-0.39, 0.29) is 42.1 Å². The second-order valence-electron chi connectivity index (χ2n) is 10.4. The van der Waals surface area contributed by atoms with Gasteiger partial charge in [0.2, 0.25) is 0 Å². The highest BCUT2D eigenvalue weighted by Crippen LogP contribution is 2.38. The Balaban J connectivity index is 0.00000506. The third-order valence-electron chi connectivity index (χ3n) is 7.25. The second-order valence-corrected chi connectivity index (χ2v) is 10.4. The van der Waals surface area contributed by atoms with E-state index in [2.05, 4.69) is 15.4 Å². The number of tetrazole rings is 1. The molecular formula is C27H30ClF9N6. The lowest BCUT2D eigenvalue weighted by atomic mass is 10.0. The maximum atomic E-state index is 13.8. The van der Waals surface area contributed by atoms with Gasteiger partial charge >= 0.3 is 18.5 Å². The first kappa shape index (κ1) is 34.3. The highest BCUT2D eigenvalue weighted by molar-refractivity contribution is 5.85. The molecule has 1 saturated carbocycles. The summed E-state index contributed by atoms with van der Waals surface area (Å²) >= 11 is 0. The highest BCUT2D eigenvalue weighted by atomic mass is 35.5. The Kier molecular flexibility index (Phi) is 10.5. The average molecular weight is 645 g/mol. The summed E-state index contributed by atoms with van der Waals surface area (Å²) in [7, 11) is 1.40. The molecule has 6 nitrogen and oxygen atoms in total. The van der Waals surface area contributed by atoms with Crippen LogP contribution in [0.4, 0.5) is 51.1 Å². The smallest absolute Gasteiger partial charge is 0.371 e. The number of rotatable bonds is 9. The van der Waals surface area contributed by atoms with Gasteiger partial charge in [-0.2, -0.15) is 44.3 Å². The van der Waals surface area contributed by atoms with Crippen LogP contribution in [0.2, 0.25) is 0 Å². The third-order valence-corrected chi connectivity index (χ3v) is 7.25. The number of halogens is 10. The van der Waals surface area contributed by atoms with Crippen molar-refractivity contribution < 1.29 is 39.5 Å². The van der Waals surface area contributed by atoms with E-state index in [9.17, 15) is 39.5 Å². The summed E-state index contributed by atoms with van der Waals surface area (Å²) in [5.74, 6) is 0.175. The lowest BCUT2D eigenvalue weighted by Crippen LogP contribution is -2.31. The van der Waals surface area contributed by atoms with Gasteiger partial charge in [-0.15, -0.1) is 17.5 Å². The van der Waals surface area contributed by atoms with Gasteiger partial charge in [-0.05, 0) is 78.4 Å². The Morgan fingerprint density at radius 2 is 1.37 bits per heavy atom. The average Bonchev–Trinajstić information content (AvgIpc) is 3.57. The molecule has 1 aromatic heterocycles. The quantitative estimate of drug-likeness (QED) is 0.222. The minimum Gasteiger partial charge on any atom is -0.371 e. The van der Waals surface area contributed by atoms with Crippen molar-refractivity contribution in [2.75, 3.05) is 22.9 Å². The summed E-state index contributed by atoms with van der Waals surface area (Å²) in [4.78, 5) is 4.19. The fraction of sp³-hybridized carbons (Fsp3) is 0.519. The predicted molar refractivity (Wildman–Crippen MR) is 144 cm³/mol. The fourth-order valence-corrected chi connectivity index (χ4v) is 5.23. The summed E-state index contributed by atoms with van der Waals surface area (Å²) in [5, 5.41) is 11.6. The van der Waals surface area contributed by atoms with Gasteiger partial charge in [0.1, 0.15) is 0 Å². The number of anilines is 2. The Morgan fingerprint density at radius 3 is 1.86 bits per heavy atom. The maximum absolute atomic E-state index is 13.8. The largest absolute Gasteiger partial charge is 0.416 e. The van der Waals surface area contributed by atoms with Crippen molar-refractivity contribution in [3.05, 3.63) is 64.2 Å². The molecule has 0 bridgehead atoms. The minimum atomic E-state index is -5.07. The molecule has 4 rings (SSSR count). The normalized spacial score (nSPS) is 14.6. The molecule has 43 heavy (non-hydrogen) atoms. The molecule has 238 valence electrons. The van der Waals surface area contributed by atoms with Crippen LogP contribution in [-0.2, 0) is 38.7 Å². The van der Waals surface area contributed by atoms with Crippen LogP contribution < -0.4 is 9.80 Å². The van der Waals surface area contributed by atoms with Crippen LogP contribution in [0.5, 0.6) is 0 Å². The van der Waals surface area contributed by atoms with Gasteiger partial charge in [0.05, 0.1) is 23.7 Å². The molecule has 2 aromatic carbocycles. The van der Waals surface area contributed by atoms with Crippen molar-refractivity contribution in [3.63, 3.8) is 0 Å². The molecule has 16 heteroatoms. The molecule has 1 aliphatic rings. The van der Waals surface area contributed by atoms with Gasteiger partial charge in [-0.1, -0.05) is 17.9 Å². The van der Waals surface area contributed by atoms with Crippen molar-refractivity contribution in [2.24, 2.45) is 13.0 Å². The zero-order chi connectivity index (χ0) is 30.9. The lowest BCUT2D eigenvalue weighted by molar-refractivity contribution is -0.143. The van der Waals surface area contributed by atoms with Crippen molar-refractivity contribution in [3.8, 4) is 0 Å². The zero-order valence-electron chi connectivity index (χ0n) is 23.2. The molecule has 1 aliphatic carbocycles. The molecule has 3 aromatic rings. The van der Waals surface area contributed by atoms with Crippen LogP contribution in [0.15, 0.2) is 36.4 Å². The number of aromatic nitrogens is 4. The van der Waals surface area contributed by atoms with Gasteiger partial charge in [0.25, 0.3) is 5.95 Å². The Hall–Kier alpha value is -3.23. The van der Waals surface area contributed by atoms with E-state index in [1.165, 1.54) is 18.0 Å². The van der Waals surface area contributed by atoms with Crippen molar-refractivity contribution in [1.82, 2.24) is 20.2 Å². The summed E-state index contributed by atoms with van der Waals surface area (Å²) in [6, 6.07) is 4.42. The summed E-state index contributed by atoms with van der Waals surface area (Å²) < 4.78 is 122. The molecule has 0 spiro atoms. The van der Waals surface area contributed by atoms with Crippen molar-refractivity contribution in [2.45, 2.75) is 64.2 Å². The number of benzene rings is 2. The predicted octanol–water partition coefficient (Wildman–Crippen LogP) is 7.91. The molecule has 0 aliphatic heterocycles. The van der Waals surface area contributed by atoms with E-state index >= 15 is 0 Å². The molecule has 0 atom stereocenters. The number of hydrogen-bond donors (Lipinski definition) is 0. The third kappa shape index (κ3) is 8.67. The summed E-state index contributed by atoms with van der Waals surface area (Å²) in [6.45, 7) is 2.02. The molecule has 0 saturated heterocycles. The number of alkyl halides is 9. The van der Waals surface area contributed by atoms with Gasteiger partial charge < -0.3 is 9.80 Å². The fourth-order valence-electron chi connectivity index (χ4n) is 5.23. The molecule has 1 fully saturated rings.